The molecule has 0 atom stereocenters. The van der Waals surface area contributed by atoms with E-state index in [1.54, 1.807) is 19.1 Å². The van der Waals surface area contributed by atoms with Crippen LogP contribution in [0.1, 0.15) is 18.4 Å². The van der Waals surface area contributed by atoms with Gasteiger partial charge in [-0.2, -0.15) is 4.31 Å². The van der Waals surface area contributed by atoms with Gasteiger partial charge in [0.15, 0.2) is 11.5 Å². The zero-order valence-corrected chi connectivity index (χ0v) is 13.4. The topological polar surface area (TPSA) is 81.9 Å². The van der Waals surface area contributed by atoms with Crippen LogP contribution in [0.25, 0.3) is 0 Å². The molecule has 0 unspecified atom stereocenters. The molecule has 2 N–H and O–H groups in total. The first-order chi connectivity index (χ1) is 9.48. The third-order valence-electron chi connectivity index (χ3n) is 3.79. The molecule has 0 aromatic heterocycles. The molecule has 0 saturated carbocycles. The average Bonchev–Trinajstić information content (AvgIpc) is 2.85. The van der Waals surface area contributed by atoms with Gasteiger partial charge >= 0.3 is 0 Å². The van der Waals surface area contributed by atoms with Crippen molar-refractivity contribution < 1.29 is 17.9 Å². The number of halogens is 1. The van der Waals surface area contributed by atoms with Gasteiger partial charge in [-0.3, -0.25) is 0 Å². The Bertz CT molecular complexity index is 627. The Kier molecular flexibility index (Phi) is 4.67. The standard InChI is InChI=1S/C13H18N2O4S.ClH/c1-9-6-11-12(19-8-18-11)7-13(9)20(16,17)15-4-2-10(14)3-5-15;/h6-7,10H,2-5,8,14H2,1H3;1H. The van der Waals surface area contributed by atoms with Gasteiger partial charge in [-0.15, -0.1) is 12.4 Å². The predicted octanol–water partition coefficient (Wildman–Crippen LogP) is 1.26. The van der Waals surface area contributed by atoms with Crippen LogP contribution in [0, 0.1) is 6.92 Å². The van der Waals surface area contributed by atoms with E-state index in [0.29, 0.717) is 43.0 Å². The lowest BCUT2D eigenvalue weighted by molar-refractivity contribution is 0.174. The minimum absolute atomic E-state index is 0. The first-order valence-corrected chi connectivity index (χ1v) is 8.08. The van der Waals surface area contributed by atoms with Crippen LogP contribution in [0.2, 0.25) is 0 Å². The number of nitrogens with two attached hydrogens (primary N) is 1. The van der Waals surface area contributed by atoms with Gasteiger partial charge in [0.2, 0.25) is 16.8 Å². The number of nitrogens with zero attached hydrogens (tertiary/aromatic N) is 1. The van der Waals surface area contributed by atoms with E-state index in [9.17, 15) is 8.42 Å². The van der Waals surface area contributed by atoms with Gasteiger partial charge in [0, 0.05) is 25.2 Å². The average molecular weight is 335 g/mol. The van der Waals surface area contributed by atoms with Crippen molar-refractivity contribution in [2.45, 2.75) is 30.7 Å². The van der Waals surface area contributed by atoms with Crippen molar-refractivity contribution in [2.75, 3.05) is 19.9 Å². The molecule has 0 spiro atoms. The van der Waals surface area contributed by atoms with E-state index in [0.717, 1.165) is 0 Å². The summed E-state index contributed by atoms with van der Waals surface area (Å²) in [5, 5.41) is 0. The van der Waals surface area contributed by atoms with Crippen LogP contribution in [0.3, 0.4) is 0 Å². The molecule has 0 bridgehead atoms. The van der Waals surface area contributed by atoms with Gasteiger partial charge in [-0.05, 0) is 31.4 Å². The smallest absolute Gasteiger partial charge is 0.243 e. The van der Waals surface area contributed by atoms with E-state index >= 15 is 0 Å². The van der Waals surface area contributed by atoms with Crippen molar-refractivity contribution in [1.29, 1.82) is 0 Å². The van der Waals surface area contributed by atoms with E-state index in [1.807, 2.05) is 0 Å². The molecule has 8 heteroatoms. The maximum atomic E-state index is 12.7. The third kappa shape index (κ3) is 2.96. The molecule has 6 nitrogen and oxygen atoms in total. The molecule has 0 amide bonds. The van der Waals surface area contributed by atoms with E-state index < -0.39 is 10.0 Å². The Morgan fingerprint density at radius 2 is 1.76 bits per heavy atom. The normalized spacial score (nSPS) is 19.3. The van der Waals surface area contributed by atoms with Gasteiger partial charge in [-0.1, -0.05) is 0 Å². The second-order valence-corrected chi connectivity index (χ2v) is 7.12. The van der Waals surface area contributed by atoms with Crippen LogP contribution in [0.15, 0.2) is 17.0 Å². The van der Waals surface area contributed by atoms with Crippen molar-refractivity contribution in [1.82, 2.24) is 4.31 Å². The molecule has 1 aromatic rings. The molecule has 1 fully saturated rings. The quantitative estimate of drug-likeness (QED) is 0.880. The highest BCUT2D eigenvalue weighted by molar-refractivity contribution is 7.89. The Morgan fingerprint density at radius 1 is 1.19 bits per heavy atom. The fourth-order valence-electron chi connectivity index (χ4n) is 2.56. The number of sulfonamides is 1. The number of rotatable bonds is 2. The minimum Gasteiger partial charge on any atom is -0.454 e. The molecule has 118 valence electrons. The third-order valence-corrected chi connectivity index (χ3v) is 5.83. The molecular weight excluding hydrogens is 316 g/mol. The van der Waals surface area contributed by atoms with Gasteiger partial charge in [0.05, 0.1) is 4.90 Å². The summed E-state index contributed by atoms with van der Waals surface area (Å²) >= 11 is 0. The predicted molar refractivity (Wildman–Crippen MR) is 80.5 cm³/mol. The molecule has 1 saturated heterocycles. The molecule has 0 aliphatic carbocycles. The van der Waals surface area contributed by atoms with Gasteiger partial charge < -0.3 is 15.2 Å². The lowest BCUT2D eigenvalue weighted by Crippen LogP contribution is -2.42. The van der Waals surface area contributed by atoms with Crippen LogP contribution in [0.5, 0.6) is 11.5 Å². The number of aryl methyl sites for hydroxylation is 1. The molecule has 21 heavy (non-hydrogen) atoms. The summed E-state index contributed by atoms with van der Waals surface area (Å²) in [6, 6.07) is 3.37. The van der Waals surface area contributed by atoms with Gasteiger partial charge in [0.25, 0.3) is 0 Å². The first kappa shape index (κ1) is 16.4. The Morgan fingerprint density at radius 3 is 2.38 bits per heavy atom. The highest BCUT2D eigenvalue weighted by atomic mass is 35.5. The molecule has 0 radical (unpaired) electrons. The van der Waals surface area contributed by atoms with Crippen molar-refractivity contribution in [3.05, 3.63) is 17.7 Å². The molecule has 2 heterocycles. The van der Waals surface area contributed by atoms with Crippen molar-refractivity contribution >= 4 is 22.4 Å². The molecule has 2 aliphatic heterocycles. The number of hydrogen-bond acceptors (Lipinski definition) is 5. The van der Waals surface area contributed by atoms with E-state index in [4.69, 9.17) is 15.2 Å². The highest BCUT2D eigenvalue weighted by Crippen LogP contribution is 2.37. The summed E-state index contributed by atoms with van der Waals surface area (Å²) in [6.45, 7) is 2.84. The molecule has 1 aromatic carbocycles. The second-order valence-electron chi connectivity index (χ2n) is 5.21. The van der Waals surface area contributed by atoms with Gasteiger partial charge in [0.1, 0.15) is 0 Å². The Balaban J connectivity index is 0.00000161. The number of hydrogen-bond donors (Lipinski definition) is 1. The number of piperidine rings is 1. The summed E-state index contributed by atoms with van der Waals surface area (Å²) in [5.41, 5.74) is 6.50. The van der Waals surface area contributed by atoms with Crippen molar-refractivity contribution in [3.63, 3.8) is 0 Å². The first-order valence-electron chi connectivity index (χ1n) is 6.64. The number of ether oxygens (including phenoxy) is 2. The summed E-state index contributed by atoms with van der Waals surface area (Å²) in [6.07, 6.45) is 1.39. The second kappa shape index (κ2) is 6.00. The van der Waals surface area contributed by atoms with Crippen molar-refractivity contribution in [3.8, 4) is 11.5 Å². The zero-order chi connectivity index (χ0) is 14.3. The Hall–Kier alpha value is -1.02. The Labute approximate surface area is 130 Å². The largest absolute Gasteiger partial charge is 0.454 e. The highest BCUT2D eigenvalue weighted by Gasteiger charge is 2.31. The van der Waals surface area contributed by atoms with Crippen LogP contribution < -0.4 is 15.2 Å². The van der Waals surface area contributed by atoms with Crippen LogP contribution in [-0.4, -0.2) is 38.6 Å². The fraction of sp³-hybridized carbons (Fsp3) is 0.538. The maximum Gasteiger partial charge on any atom is 0.243 e. The molecule has 3 rings (SSSR count). The van der Waals surface area contributed by atoms with E-state index in [1.165, 1.54) is 4.31 Å². The molecular formula is C13H19ClN2O4S. The van der Waals surface area contributed by atoms with E-state index in [-0.39, 0.29) is 30.1 Å². The fourth-order valence-corrected chi connectivity index (χ4v) is 4.25. The maximum absolute atomic E-state index is 12.7. The lowest BCUT2D eigenvalue weighted by atomic mass is 10.1. The lowest BCUT2D eigenvalue weighted by Gasteiger charge is -2.29. The number of fused-ring (bicyclic) bond motifs is 1. The summed E-state index contributed by atoms with van der Waals surface area (Å²) in [5.74, 6) is 1.09. The van der Waals surface area contributed by atoms with Crippen LogP contribution >= 0.6 is 12.4 Å². The summed E-state index contributed by atoms with van der Waals surface area (Å²) in [4.78, 5) is 0.289. The SMILES string of the molecule is Cc1cc2c(cc1S(=O)(=O)N1CCC(N)CC1)OCO2.Cl. The van der Waals surface area contributed by atoms with Crippen LogP contribution in [-0.2, 0) is 10.0 Å². The molecule has 2 aliphatic rings. The zero-order valence-electron chi connectivity index (χ0n) is 11.7. The van der Waals surface area contributed by atoms with Gasteiger partial charge in [-0.25, -0.2) is 8.42 Å². The number of benzene rings is 1. The minimum atomic E-state index is -3.50. The van der Waals surface area contributed by atoms with Crippen LogP contribution in [0.4, 0.5) is 0 Å². The monoisotopic (exact) mass is 334 g/mol. The van der Waals surface area contributed by atoms with E-state index in [2.05, 4.69) is 0 Å². The summed E-state index contributed by atoms with van der Waals surface area (Å²) in [7, 11) is -3.50. The van der Waals surface area contributed by atoms with Crippen molar-refractivity contribution in [2.24, 2.45) is 5.73 Å². The summed E-state index contributed by atoms with van der Waals surface area (Å²) < 4.78 is 37.4.